The summed E-state index contributed by atoms with van der Waals surface area (Å²) in [6, 6.07) is 1.72. The van der Waals surface area contributed by atoms with Crippen molar-refractivity contribution in [3.63, 3.8) is 0 Å². The Morgan fingerprint density at radius 3 is 2.67 bits per heavy atom. The van der Waals surface area contributed by atoms with Crippen molar-refractivity contribution >= 4 is 39.2 Å². The van der Waals surface area contributed by atoms with Crippen LogP contribution in [0.2, 0.25) is 0 Å². The molecule has 0 bridgehead atoms. The Morgan fingerprint density at radius 1 is 1.30 bits per heavy atom. The van der Waals surface area contributed by atoms with Crippen molar-refractivity contribution < 1.29 is 19.1 Å². The molecule has 2 aliphatic rings. The molecule has 30 heavy (non-hydrogen) atoms. The number of carbonyl (C=O) groups is 3. The Hall–Kier alpha value is -3.21. The molecule has 3 amide bonds. The Morgan fingerprint density at radius 2 is 2.03 bits per heavy atom. The van der Waals surface area contributed by atoms with Crippen LogP contribution in [0.25, 0.3) is 0 Å². The number of amides is 3. The molecule has 4 N–H and O–H groups in total. The van der Waals surface area contributed by atoms with E-state index in [1.165, 1.54) is 13.2 Å². The second kappa shape index (κ2) is 7.90. The summed E-state index contributed by atoms with van der Waals surface area (Å²) in [6.45, 7) is 0.420. The molecule has 0 unspecified atom stereocenters. The van der Waals surface area contributed by atoms with Gasteiger partial charge in [0.1, 0.15) is 10.6 Å². The van der Waals surface area contributed by atoms with Crippen LogP contribution in [-0.2, 0) is 6.54 Å². The molecule has 10 nitrogen and oxygen atoms in total. The standard InChI is InChI=1S/C19H22N6O4S/c1-21-19-23-13(14(20)26)17(30-19)24-15(27)11-7-10-12(22-16(11)29-2)8-25(18(10)28)9-5-3-4-6-9/h7,9H,3-6,8H2,1-2H3,(H2,20,26)(H,21,23)(H,24,27). The van der Waals surface area contributed by atoms with Crippen molar-refractivity contribution in [2.24, 2.45) is 5.73 Å². The second-order valence-electron chi connectivity index (χ2n) is 7.18. The normalized spacial score (nSPS) is 15.9. The minimum Gasteiger partial charge on any atom is -0.480 e. The highest BCUT2D eigenvalue weighted by molar-refractivity contribution is 7.20. The molecule has 3 heterocycles. The topological polar surface area (TPSA) is 140 Å². The van der Waals surface area contributed by atoms with Gasteiger partial charge in [0.05, 0.1) is 24.9 Å². The molecule has 4 rings (SSSR count). The summed E-state index contributed by atoms with van der Waals surface area (Å²) in [4.78, 5) is 47.9. The van der Waals surface area contributed by atoms with Gasteiger partial charge in [-0.2, -0.15) is 0 Å². The summed E-state index contributed by atoms with van der Waals surface area (Å²) in [5, 5.41) is 6.09. The van der Waals surface area contributed by atoms with Crippen LogP contribution in [0, 0.1) is 0 Å². The number of methoxy groups -OCH3 is 1. The number of hydrogen-bond acceptors (Lipinski definition) is 8. The highest BCUT2D eigenvalue weighted by atomic mass is 32.1. The van der Waals surface area contributed by atoms with Gasteiger partial charge in [-0.05, 0) is 18.9 Å². The Labute approximate surface area is 176 Å². The molecule has 0 aromatic carbocycles. The summed E-state index contributed by atoms with van der Waals surface area (Å²) in [5.41, 5.74) is 6.43. The van der Waals surface area contributed by atoms with Gasteiger partial charge in [0.2, 0.25) is 5.88 Å². The van der Waals surface area contributed by atoms with E-state index in [0.29, 0.717) is 22.9 Å². The third kappa shape index (κ3) is 3.45. The van der Waals surface area contributed by atoms with E-state index in [1.807, 2.05) is 4.90 Å². The molecule has 2 aromatic heterocycles. The van der Waals surface area contributed by atoms with Gasteiger partial charge in [0.25, 0.3) is 17.7 Å². The molecule has 0 saturated heterocycles. The van der Waals surface area contributed by atoms with Crippen molar-refractivity contribution in [3.8, 4) is 5.88 Å². The molecular weight excluding hydrogens is 408 g/mol. The minimum absolute atomic E-state index is 0.0470. The number of nitrogens with two attached hydrogens (primary N) is 1. The van der Waals surface area contributed by atoms with Crippen LogP contribution in [0.5, 0.6) is 5.88 Å². The molecule has 1 saturated carbocycles. The molecule has 0 spiro atoms. The van der Waals surface area contributed by atoms with Gasteiger partial charge < -0.3 is 26.0 Å². The van der Waals surface area contributed by atoms with Gasteiger partial charge in [0, 0.05) is 13.1 Å². The third-order valence-corrected chi connectivity index (χ3v) is 6.37. The quantitative estimate of drug-likeness (QED) is 0.635. The number of anilines is 2. The van der Waals surface area contributed by atoms with E-state index < -0.39 is 11.8 Å². The lowest BCUT2D eigenvalue weighted by atomic mass is 10.1. The van der Waals surface area contributed by atoms with Crippen molar-refractivity contribution in [2.75, 3.05) is 24.8 Å². The molecule has 0 atom stereocenters. The largest absolute Gasteiger partial charge is 0.480 e. The van der Waals surface area contributed by atoms with Crippen LogP contribution >= 0.6 is 11.3 Å². The van der Waals surface area contributed by atoms with Crippen LogP contribution in [0.4, 0.5) is 10.1 Å². The summed E-state index contributed by atoms with van der Waals surface area (Å²) < 4.78 is 5.31. The SMILES string of the molecule is CNc1nc(C(N)=O)c(NC(=O)c2cc3c(nc2OC)CN(C2CCCC2)C3=O)s1. The number of thiazole rings is 1. The fourth-order valence-corrected chi connectivity index (χ4v) is 4.72. The zero-order chi connectivity index (χ0) is 21.4. The average molecular weight is 430 g/mol. The first-order valence-electron chi connectivity index (χ1n) is 9.61. The van der Waals surface area contributed by atoms with Crippen LogP contribution in [-0.4, -0.2) is 52.8 Å². The first kappa shape index (κ1) is 20.1. The number of nitrogens with zero attached hydrogens (tertiary/aromatic N) is 3. The lowest BCUT2D eigenvalue weighted by Crippen LogP contribution is -2.33. The van der Waals surface area contributed by atoms with E-state index in [4.69, 9.17) is 10.5 Å². The number of fused-ring (bicyclic) bond motifs is 1. The second-order valence-corrected chi connectivity index (χ2v) is 8.17. The monoisotopic (exact) mass is 430 g/mol. The molecular formula is C19H22N6O4S. The number of ether oxygens (including phenoxy) is 1. The van der Waals surface area contributed by atoms with Gasteiger partial charge in [-0.15, -0.1) is 0 Å². The van der Waals surface area contributed by atoms with E-state index in [1.54, 1.807) is 7.05 Å². The maximum Gasteiger partial charge on any atom is 0.270 e. The van der Waals surface area contributed by atoms with Crippen molar-refractivity contribution in [3.05, 3.63) is 28.6 Å². The predicted molar refractivity (Wildman–Crippen MR) is 111 cm³/mol. The number of primary amides is 1. The zero-order valence-corrected chi connectivity index (χ0v) is 17.5. The average Bonchev–Trinajstić information content (AvgIpc) is 3.46. The Bertz CT molecular complexity index is 1030. The van der Waals surface area contributed by atoms with Crippen molar-refractivity contribution in [1.82, 2.24) is 14.9 Å². The van der Waals surface area contributed by atoms with E-state index in [2.05, 4.69) is 20.6 Å². The van der Waals surface area contributed by atoms with E-state index in [0.717, 1.165) is 37.0 Å². The van der Waals surface area contributed by atoms with E-state index in [-0.39, 0.29) is 34.1 Å². The van der Waals surface area contributed by atoms with Crippen LogP contribution in [0.1, 0.15) is 62.6 Å². The van der Waals surface area contributed by atoms with Gasteiger partial charge in [0.15, 0.2) is 10.8 Å². The predicted octanol–water partition coefficient (Wildman–Crippen LogP) is 1.84. The number of aromatic nitrogens is 2. The van der Waals surface area contributed by atoms with Gasteiger partial charge in [-0.1, -0.05) is 24.2 Å². The lowest BCUT2D eigenvalue weighted by Gasteiger charge is -2.22. The smallest absolute Gasteiger partial charge is 0.270 e. The van der Waals surface area contributed by atoms with Gasteiger partial charge in [-0.3, -0.25) is 14.4 Å². The van der Waals surface area contributed by atoms with Gasteiger partial charge >= 0.3 is 0 Å². The fourth-order valence-electron chi connectivity index (χ4n) is 3.90. The Balaban J connectivity index is 1.64. The number of nitrogens with one attached hydrogen (secondary N) is 2. The maximum atomic E-state index is 13.0. The Kier molecular flexibility index (Phi) is 5.29. The fraction of sp³-hybridized carbons (Fsp3) is 0.421. The zero-order valence-electron chi connectivity index (χ0n) is 16.7. The number of pyridine rings is 1. The number of hydrogen-bond donors (Lipinski definition) is 3. The molecule has 158 valence electrons. The molecule has 1 aliphatic heterocycles. The molecule has 2 aromatic rings. The van der Waals surface area contributed by atoms with Gasteiger partial charge in [-0.25, -0.2) is 9.97 Å². The minimum atomic E-state index is -0.760. The maximum absolute atomic E-state index is 13.0. The molecule has 11 heteroatoms. The summed E-state index contributed by atoms with van der Waals surface area (Å²) in [7, 11) is 3.06. The summed E-state index contributed by atoms with van der Waals surface area (Å²) in [5.74, 6) is -1.33. The lowest BCUT2D eigenvalue weighted by molar-refractivity contribution is 0.0706. The van der Waals surface area contributed by atoms with E-state index >= 15 is 0 Å². The summed E-state index contributed by atoms with van der Waals surface area (Å²) >= 11 is 1.08. The van der Waals surface area contributed by atoms with Crippen LogP contribution in [0.3, 0.4) is 0 Å². The highest BCUT2D eigenvalue weighted by Crippen LogP contribution is 2.34. The van der Waals surface area contributed by atoms with Crippen LogP contribution in [0.15, 0.2) is 6.07 Å². The number of carbonyl (C=O) groups excluding carboxylic acids is 3. The molecule has 0 radical (unpaired) electrons. The highest BCUT2D eigenvalue weighted by Gasteiger charge is 2.36. The first-order chi connectivity index (χ1) is 14.4. The molecule has 1 aliphatic carbocycles. The molecule has 1 fully saturated rings. The van der Waals surface area contributed by atoms with Crippen LogP contribution < -0.4 is 21.1 Å². The van der Waals surface area contributed by atoms with Crippen molar-refractivity contribution in [2.45, 2.75) is 38.3 Å². The van der Waals surface area contributed by atoms with Crippen molar-refractivity contribution in [1.29, 1.82) is 0 Å². The first-order valence-corrected chi connectivity index (χ1v) is 10.4. The third-order valence-electron chi connectivity index (χ3n) is 5.38. The summed E-state index contributed by atoms with van der Waals surface area (Å²) in [6.07, 6.45) is 4.19. The number of rotatable bonds is 6. The van der Waals surface area contributed by atoms with E-state index in [9.17, 15) is 14.4 Å².